The molecule has 2 unspecified atom stereocenters. The molecule has 0 N–H and O–H groups in total. The number of nitrogens with zero attached hydrogens (tertiary/aromatic N) is 4. The Labute approximate surface area is 163 Å². The van der Waals surface area contributed by atoms with E-state index in [1.54, 1.807) is 16.4 Å². The molecule has 0 radical (unpaired) electrons. The number of amides is 2. The molecular formula is C20H24N4O2S. The molecule has 1 saturated carbocycles. The van der Waals surface area contributed by atoms with E-state index in [1.807, 2.05) is 35.2 Å². The van der Waals surface area contributed by atoms with Crippen molar-refractivity contribution in [1.82, 2.24) is 20.2 Å². The highest BCUT2D eigenvalue weighted by Gasteiger charge is 2.47. The Hall–Kier alpha value is -1.99. The molecule has 0 spiro atoms. The molecule has 2 aliphatic heterocycles. The maximum atomic E-state index is 12.9. The second-order valence-electron chi connectivity index (χ2n) is 8.02. The van der Waals surface area contributed by atoms with Crippen molar-refractivity contribution in [2.75, 3.05) is 6.54 Å². The van der Waals surface area contributed by atoms with Crippen LogP contribution in [0.2, 0.25) is 0 Å². The van der Waals surface area contributed by atoms with Crippen LogP contribution in [-0.2, 0) is 11.4 Å². The van der Waals surface area contributed by atoms with Gasteiger partial charge in [-0.25, -0.2) is 4.79 Å². The minimum atomic E-state index is -0.0348. The van der Waals surface area contributed by atoms with Gasteiger partial charge in [-0.2, -0.15) is 5.06 Å². The first-order valence-corrected chi connectivity index (χ1v) is 10.6. The molecule has 5 rings (SSSR count). The van der Waals surface area contributed by atoms with Crippen LogP contribution in [0, 0.1) is 5.92 Å². The van der Waals surface area contributed by atoms with Crippen LogP contribution in [0.1, 0.15) is 60.1 Å². The molecule has 2 amide bonds. The zero-order chi connectivity index (χ0) is 18.4. The number of carbonyl (C=O) groups excluding carboxylic acids is 1. The first-order chi connectivity index (χ1) is 13.2. The molecule has 2 bridgehead atoms. The lowest BCUT2D eigenvalue weighted by atomic mass is 9.77. The van der Waals surface area contributed by atoms with Gasteiger partial charge in [-0.05, 0) is 37.2 Å². The maximum absolute atomic E-state index is 12.9. The monoisotopic (exact) mass is 384 g/mol. The molecule has 142 valence electrons. The van der Waals surface area contributed by atoms with Crippen LogP contribution in [0.5, 0.6) is 0 Å². The van der Waals surface area contributed by atoms with Gasteiger partial charge in [0.25, 0.3) is 0 Å². The average molecular weight is 385 g/mol. The van der Waals surface area contributed by atoms with E-state index in [0.29, 0.717) is 19.1 Å². The van der Waals surface area contributed by atoms with E-state index >= 15 is 0 Å². The number of carbonyl (C=O) groups is 1. The van der Waals surface area contributed by atoms with Crippen LogP contribution in [0.25, 0.3) is 0 Å². The zero-order valence-electron chi connectivity index (χ0n) is 15.5. The number of hydrogen-bond acceptors (Lipinski definition) is 5. The highest BCUT2D eigenvalue weighted by Crippen LogP contribution is 2.45. The Morgan fingerprint density at radius 2 is 1.93 bits per heavy atom. The number of fused-ring (bicyclic) bond motifs is 2. The summed E-state index contributed by atoms with van der Waals surface area (Å²) in [5, 5.41) is 12.6. The third kappa shape index (κ3) is 3.12. The minimum absolute atomic E-state index is 0.0348. The number of benzene rings is 1. The number of aromatic nitrogens is 2. The summed E-state index contributed by atoms with van der Waals surface area (Å²) >= 11 is 1.70. The second kappa shape index (κ2) is 6.87. The van der Waals surface area contributed by atoms with Crippen molar-refractivity contribution in [2.24, 2.45) is 5.92 Å². The van der Waals surface area contributed by atoms with Crippen LogP contribution in [-0.4, -0.2) is 38.8 Å². The van der Waals surface area contributed by atoms with Gasteiger partial charge in [0.15, 0.2) is 0 Å². The van der Waals surface area contributed by atoms with E-state index in [1.165, 1.54) is 12.8 Å². The maximum Gasteiger partial charge on any atom is 0.344 e. The molecule has 1 aromatic carbocycles. The van der Waals surface area contributed by atoms with Gasteiger partial charge >= 0.3 is 6.03 Å². The number of piperidine rings is 1. The standard InChI is InChI=1S/C20H24N4O2S/c1-13-9-15(10-13)18-21-22-19(27-18)17-8-7-16-11-23(17)20(25)24(16)26-12-14-5-3-2-4-6-14/h2-6,13,15-17H,7-12H2,1H3. The van der Waals surface area contributed by atoms with Crippen LogP contribution >= 0.6 is 11.3 Å². The van der Waals surface area contributed by atoms with E-state index in [2.05, 4.69) is 17.1 Å². The largest absolute Gasteiger partial charge is 0.344 e. The number of urea groups is 1. The summed E-state index contributed by atoms with van der Waals surface area (Å²) in [5.74, 6) is 1.37. The third-order valence-corrected chi connectivity index (χ3v) is 7.19. The Bertz CT molecular complexity index is 820. The highest BCUT2D eigenvalue weighted by molar-refractivity contribution is 7.11. The summed E-state index contributed by atoms with van der Waals surface area (Å²) in [6, 6.07) is 10.1. The van der Waals surface area contributed by atoms with Gasteiger partial charge in [-0.15, -0.1) is 10.2 Å². The molecule has 27 heavy (non-hydrogen) atoms. The fraction of sp³-hybridized carbons (Fsp3) is 0.550. The number of hydrogen-bond donors (Lipinski definition) is 0. The van der Waals surface area contributed by atoms with Gasteiger partial charge in [0.05, 0.1) is 12.1 Å². The molecule has 2 saturated heterocycles. The van der Waals surface area contributed by atoms with Crippen LogP contribution < -0.4 is 0 Å². The van der Waals surface area contributed by atoms with E-state index < -0.39 is 0 Å². The van der Waals surface area contributed by atoms with Crippen molar-refractivity contribution in [3.8, 4) is 0 Å². The summed E-state index contributed by atoms with van der Waals surface area (Å²) in [5.41, 5.74) is 1.07. The van der Waals surface area contributed by atoms with Crippen molar-refractivity contribution in [1.29, 1.82) is 0 Å². The highest BCUT2D eigenvalue weighted by atomic mass is 32.1. The Morgan fingerprint density at radius 3 is 2.70 bits per heavy atom. The van der Waals surface area contributed by atoms with Crippen LogP contribution in [0.15, 0.2) is 30.3 Å². The predicted molar refractivity (Wildman–Crippen MR) is 102 cm³/mol. The number of rotatable bonds is 5. The average Bonchev–Trinajstić information content (AvgIpc) is 3.23. The van der Waals surface area contributed by atoms with E-state index in [4.69, 9.17) is 4.84 Å². The van der Waals surface area contributed by atoms with Gasteiger partial charge in [0, 0.05) is 12.5 Å². The first-order valence-electron chi connectivity index (χ1n) is 9.79. The lowest BCUT2D eigenvalue weighted by Crippen LogP contribution is -2.33. The molecule has 2 atom stereocenters. The molecule has 2 aromatic rings. The molecule has 3 heterocycles. The fourth-order valence-corrected chi connectivity index (χ4v) is 5.54. The second-order valence-corrected chi connectivity index (χ2v) is 9.06. The van der Waals surface area contributed by atoms with Gasteiger partial charge < -0.3 is 4.90 Å². The fourth-order valence-electron chi connectivity index (χ4n) is 4.42. The smallest absolute Gasteiger partial charge is 0.311 e. The SMILES string of the molecule is CC1CC(c2nnc(C3CCC4CN3C(=O)N4OCc3ccccc3)s2)C1. The van der Waals surface area contributed by atoms with Crippen molar-refractivity contribution in [2.45, 2.75) is 57.2 Å². The summed E-state index contributed by atoms with van der Waals surface area (Å²) in [4.78, 5) is 20.7. The summed E-state index contributed by atoms with van der Waals surface area (Å²) in [6.45, 7) is 3.42. The van der Waals surface area contributed by atoms with Gasteiger partial charge in [-0.3, -0.25) is 4.84 Å². The van der Waals surface area contributed by atoms with E-state index in [0.717, 1.165) is 34.3 Å². The zero-order valence-corrected chi connectivity index (χ0v) is 16.3. The molecular weight excluding hydrogens is 360 g/mol. The molecule has 3 aliphatic rings. The van der Waals surface area contributed by atoms with E-state index in [9.17, 15) is 4.79 Å². The Morgan fingerprint density at radius 1 is 1.15 bits per heavy atom. The quantitative estimate of drug-likeness (QED) is 0.778. The lowest BCUT2D eigenvalue weighted by Gasteiger charge is -2.30. The van der Waals surface area contributed by atoms with Crippen molar-refractivity contribution >= 4 is 17.4 Å². The summed E-state index contributed by atoms with van der Waals surface area (Å²) in [7, 11) is 0. The molecule has 1 aliphatic carbocycles. The lowest BCUT2D eigenvalue weighted by molar-refractivity contribution is -0.140. The third-order valence-electron chi connectivity index (χ3n) is 6.00. The normalized spacial score (nSPS) is 29.9. The molecule has 7 heteroatoms. The van der Waals surface area contributed by atoms with Gasteiger partial charge in [0.2, 0.25) is 0 Å². The van der Waals surface area contributed by atoms with Crippen molar-refractivity contribution in [3.05, 3.63) is 45.9 Å². The number of hydroxylamine groups is 2. The van der Waals surface area contributed by atoms with Crippen LogP contribution in [0.4, 0.5) is 4.79 Å². The topological polar surface area (TPSA) is 58.6 Å². The van der Waals surface area contributed by atoms with E-state index in [-0.39, 0.29) is 18.1 Å². The van der Waals surface area contributed by atoms with Crippen molar-refractivity contribution < 1.29 is 9.63 Å². The minimum Gasteiger partial charge on any atom is -0.311 e. The summed E-state index contributed by atoms with van der Waals surface area (Å²) < 4.78 is 0. The molecule has 3 fully saturated rings. The van der Waals surface area contributed by atoms with Gasteiger partial charge in [-0.1, -0.05) is 48.6 Å². The molecule has 6 nitrogen and oxygen atoms in total. The van der Waals surface area contributed by atoms with Crippen LogP contribution in [0.3, 0.4) is 0 Å². The summed E-state index contributed by atoms with van der Waals surface area (Å²) in [6.07, 6.45) is 4.30. The predicted octanol–water partition coefficient (Wildman–Crippen LogP) is 4.12. The van der Waals surface area contributed by atoms with Crippen molar-refractivity contribution in [3.63, 3.8) is 0 Å². The Kier molecular flexibility index (Phi) is 4.36. The Balaban J connectivity index is 1.26. The molecule has 1 aromatic heterocycles. The van der Waals surface area contributed by atoms with Gasteiger partial charge in [0.1, 0.15) is 16.6 Å². The first kappa shape index (κ1) is 17.1.